The number of halogens is 1. The maximum absolute atomic E-state index is 6.07. The standard InChI is InChI=1S/C15H11ClN4/c16-14-15(19-13-9-5-4-8-12(13)18-14)20-17-10-11-6-2-1-3-7-11/h1-10H,(H,19,20)/b17-10-. The molecule has 2 aromatic carbocycles. The van der Waals surface area contributed by atoms with Gasteiger partial charge in [-0.15, -0.1) is 0 Å². The first-order chi connectivity index (χ1) is 9.83. The van der Waals surface area contributed by atoms with Gasteiger partial charge in [-0.05, 0) is 17.7 Å². The molecule has 0 saturated carbocycles. The number of hydrazone groups is 1. The lowest BCUT2D eigenvalue weighted by Gasteiger charge is -2.03. The number of nitrogens with zero attached hydrogens (tertiary/aromatic N) is 3. The van der Waals surface area contributed by atoms with Crippen LogP contribution in [0.1, 0.15) is 5.56 Å². The van der Waals surface area contributed by atoms with Crippen molar-refractivity contribution in [1.29, 1.82) is 0 Å². The van der Waals surface area contributed by atoms with Gasteiger partial charge in [0.05, 0.1) is 17.2 Å². The SMILES string of the molecule is Clc1nc2ccccc2nc1N/N=C\c1ccccc1. The first kappa shape index (κ1) is 12.6. The van der Waals surface area contributed by atoms with Gasteiger partial charge in [-0.2, -0.15) is 5.10 Å². The molecular weight excluding hydrogens is 272 g/mol. The van der Waals surface area contributed by atoms with Crippen molar-refractivity contribution in [3.05, 3.63) is 65.3 Å². The van der Waals surface area contributed by atoms with E-state index in [0.29, 0.717) is 11.0 Å². The number of nitrogens with one attached hydrogen (secondary N) is 1. The van der Waals surface area contributed by atoms with Crippen molar-refractivity contribution < 1.29 is 0 Å². The van der Waals surface area contributed by atoms with E-state index in [9.17, 15) is 0 Å². The fourth-order valence-corrected chi connectivity index (χ4v) is 1.93. The Labute approximate surface area is 121 Å². The molecule has 0 unspecified atom stereocenters. The van der Waals surface area contributed by atoms with Crippen LogP contribution in [0, 0.1) is 0 Å². The molecule has 1 aromatic heterocycles. The van der Waals surface area contributed by atoms with Crippen molar-refractivity contribution in [3.8, 4) is 0 Å². The molecule has 0 radical (unpaired) electrons. The Kier molecular flexibility index (Phi) is 3.56. The summed E-state index contributed by atoms with van der Waals surface area (Å²) in [4.78, 5) is 8.65. The average molecular weight is 283 g/mol. The molecule has 20 heavy (non-hydrogen) atoms. The van der Waals surface area contributed by atoms with Gasteiger partial charge < -0.3 is 0 Å². The number of rotatable bonds is 3. The van der Waals surface area contributed by atoms with Crippen LogP contribution in [0.5, 0.6) is 0 Å². The van der Waals surface area contributed by atoms with Crippen molar-refractivity contribution in [1.82, 2.24) is 9.97 Å². The Hall–Kier alpha value is -2.46. The summed E-state index contributed by atoms with van der Waals surface area (Å²) in [6.07, 6.45) is 1.70. The second-order valence-corrected chi connectivity index (χ2v) is 4.49. The van der Waals surface area contributed by atoms with E-state index in [1.165, 1.54) is 0 Å². The maximum Gasteiger partial charge on any atom is 0.185 e. The van der Waals surface area contributed by atoms with Gasteiger partial charge in [-0.1, -0.05) is 54.1 Å². The van der Waals surface area contributed by atoms with E-state index in [4.69, 9.17) is 11.6 Å². The average Bonchev–Trinajstić information content (AvgIpc) is 2.49. The Morgan fingerprint density at radius 1 is 0.900 bits per heavy atom. The van der Waals surface area contributed by atoms with Crippen molar-refractivity contribution in [2.45, 2.75) is 0 Å². The highest BCUT2D eigenvalue weighted by Crippen LogP contribution is 2.20. The van der Waals surface area contributed by atoms with Crippen molar-refractivity contribution in [2.24, 2.45) is 5.10 Å². The summed E-state index contributed by atoms with van der Waals surface area (Å²) in [7, 11) is 0. The van der Waals surface area contributed by atoms with Gasteiger partial charge in [0.2, 0.25) is 0 Å². The van der Waals surface area contributed by atoms with Crippen LogP contribution in [0.15, 0.2) is 59.7 Å². The molecule has 4 nitrogen and oxygen atoms in total. The van der Waals surface area contributed by atoms with E-state index in [-0.39, 0.29) is 0 Å². The molecule has 1 N–H and O–H groups in total. The molecule has 5 heteroatoms. The quantitative estimate of drug-likeness (QED) is 0.588. The summed E-state index contributed by atoms with van der Waals surface area (Å²) in [6.45, 7) is 0. The molecule has 98 valence electrons. The van der Waals surface area contributed by atoms with E-state index in [0.717, 1.165) is 16.6 Å². The van der Waals surface area contributed by atoms with Crippen LogP contribution in [0.3, 0.4) is 0 Å². The molecule has 1 heterocycles. The topological polar surface area (TPSA) is 50.2 Å². The summed E-state index contributed by atoms with van der Waals surface area (Å²) in [5.41, 5.74) is 5.34. The fraction of sp³-hybridized carbons (Fsp3) is 0. The van der Waals surface area contributed by atoms with Crippen LogP contribution >= 0.6 is 11.6 Å². The van der Waals surface area contributed by atoms with E-state index in [1.807, 2.05) is 54.6 Å². The Bertz CT molecular complexity index is 756. The molecule has 0 aliphatic rings. The third kappa shape index (κ3) is 2.75. The van der Waals surface area contributed by atoms with Crippen LogP contribution in [-0.2, 0) is 0 Å². The van der Waals surface area contributed by atoms with Gasteiger partial charge in [0, 0.05) is 0 Å². The third-order valence-corrected chi connectivity index (χ3v) is 2.98. The monoisotopic (exact) mass is 282 g/mol. The van der Waals surface area contributed by atoms with Gasteiger partial charge in [0.1, 0.15) is 0 Å². The number of anilines is 1. The first-order valence-corrected chi connectivity index (χ1v) is 6.47. The second kappa shape index (κ2) is 5.67. The van der Waals surface area contributed by atoms with E-state index >= 15 is 0 Å². The molecule has 0 fully saturated rings. The number of benzene rings is 2. The van der Waals surface area contributed by atoms with E-state index < -0.39 is 0 Å². The molecule has 0 amide bonds. The van der Waals surface area contributed by atoms with Crippen molar-refractivity contribution in [3.63, 3.8) is 0 Å². The highest BCUT2D eigenvalue weighted by molar-refractivity contribution is 6.32. The minimum atomic E-state index is 0.300. The van der Waals surface area contributed by atoms with Crippen LogP contribution in [-0.4, -0.2) is 16.2 Å². The van der Waals surface area contributed by atoms with Crippen LogP contribution < -0.4 is 5.43 Å². The summed E-state index contributed by atoms with van der Waals surface area (Å²) >= 11 is 6.07. The second-order valence-electron chi connectivity index (χ2n) is 4.13. The van der Waals surface area contributed by atoms with E-state index in [1.54, 1.807) is 6.21 Å². The van der Waals surface area contributed by atoms with Gasteiger partial charge in [-0.3, -0.25) is 5.43 Å². The minimum Gasteiger partial charge on any atom is -0.259 e. The molecule has 0 aliphatic carbocycles. The zero-order valence-electron chi connectivity index (χ0n) is 10.5. The summed E-state index contributed by atoms with van der Waals surface area (Å²) in [5.74, 6) is 0.442. The largest absolute Gasteiger partial charge is 0.259 e. The number of fused-ring (bicyclic) bond motifs is 1. The molecule has 0 aliphatic heterocycles. The zero-order valence-corrected chi connectivity index (χ0v) is 11.2. The molecule has 3 aromatic rings. The lowest BCUT2D eigenvalue weighted by Crippen LogP contribution is -1.97. The maximum atomic E-state index is 6.07. The smallest absolute Gasteiger partial charge is 0.185 e. The third-order valence-electron chi connectivity index (χ3n) is 2.71. The van der Waals surface area contributed by atoms with Crippen LogP contribution in [0.25, 0.3) is 11.0 Å². The predicted molar refractivity (Wildman–Crippen MR) is 82.2 cm³/mol. The highest BCUT2D eigenvalue weighted by Gasteiger charge is 2.04. The van der Waals surface area contributed by atoms with Crippen LogP contribution in [0.4, 0.5) is 5.82 Å². The molecule has 3 rings (SSSR count). The van der Waals surface area contributed by atoms with Crippen LogP contribution in [0.2, 0.25) is 5.15 Å². The lowest BCUT2D eigenvalue weighted by molar-refractivity contribution is 1.22. The van der Waals surface area contributed by atoms with Crippen molar-refractivity contribution in [2.75, 3.05) is 5.43 Å². The predicted octanol–water partition coefficient (Wildman–Crippen LogP) is 3.73. The summed E-state index contributed by atoms with van der Waals surface area (Å²) in [5, 5.41) is 4.42. The number of aromatic nitrogens is 2. The van der Waals surface area contributed by atoms with Gasteiger partial charge >= 0.3 is 0 Å². The summed E-state index contributed by atoms with van der Waals surface area (Å²) in [6, 6.07) is 17.3. The van der Waals surface area contributed by atoms with Gasteiger partial charge in [0.25, 0.3) is 0 Å². The molecule has 0 atom stereocenters. The van der Waals surface area contributed by atoms with Gasteiger partial charge in [-0.25, -0.2) is 9.97 Å². The number of para-hydroxylation sites is 2. The fourth-order valence-electron chi connectivity index (χ4n) is 1.76. The van der Waals surface area contributed by atoms with Gasteiger partial charge in [0.15, 0.2) is 11.0 Å². The molecule has 0 bridgehead atoms. The Morgan fingerprint density at radius 3 is 2.30 bits per heavy atom. The molecule has 0 spiro atoms. The Balaban J connectivity index is 1.84. The molecular formula is C15H11ClN4. The van der Waals surface area contributed by atoms with Crippen molar-refractivity contribution >= 4 is 34.7 Å². The van der Waals surface area contributed by atoms with E-state index in [2.05, 4.69) is 20.5 Å². The number of hydrogen-bond acceptors (Lipinski definition) is 4. The number of hydrogen-bond donors (Lipinski definition) is 1. The molecule has 0 saturated heterocycles. The zero-order chi connectivity index (χ0) is 13.8. The first-order valence-electron chi connectivity index (χ1n) is 6.09. The Morgan fingerprint density at radius 2 is 1.55 bits per heavy atom. The highest BCUT2D eigenvalue weighted by atomic mass is 35.5. The minimum absolute atomic E-state index is 0.300. The summed E-state index contributed by atoms with van der Waals surface area (Å²) < 4.78 is 0. The normalized spacial score (nSPS) is 11.1. The lowest BCUT2D eigenvalue weighted by atomic mass is 10.2.